The van der Waals surface area contributed by atoms with Gasteiger partial charge in [-0.3, -0.25) is 14.1 Å². The standard InChI is InChI=1S/C30H34FN4O8P/c1-18(2)41-28(38)19(3)34-44(39,43-24-12-10-23(11-13-24)22-8-6-21(16-32)7-9-22)40-17-25-27(37)30(5,31)29(42-25)35-15-14-26(36)33-20(35)4/h6-15,18-19,25,27,29,37H,4,17H2,1-3,5H3,(H,33,36)(H,34,39)/t19-,25+,27+,29+,30+,44?/m0/s1. The quantitative estimate of drug-likeness (QED) is 0.245. The number of ether oxygens (including phenoxy) is 2. The van der Waals surface area contributed by atoms with E-state index in [9.17, 15) is 19.3 Å². The van der Waals surface area contributed by atoms with Crippen molar-refractivity contribution in [2.75, 3.05) is 6.61 Å². The average molecular weight is 629 g/mol. The van der Waals surface area contributed by atoms with Crippen LogP contribution in [0.1, 0.15) is 33.3 Å². The van der Waals surface area contributed by atoms with Crippen molar-refractivity contribution < 1.29 is 42.2 Å². The van der Waals surface area contributed by atoms with Crippen LogP contribution in [0.2, 0.25) is 0 Å². The molecule has 2 aromatic carbocycles. The maximum Gasteiger partial charge on any atom is 0.459 e. The molecule has 4 rings (SSSR count). The number of rotatable bonds is 11. The zero-order chi connectivity index (χ0) is 32.2. The first-order chi connectivity index (χ1) is 20.7. The lowest BCUT2D eigenvalue weighted by Crippen LogP contribution is -2.51. The fourth-order valence-electron chi connectivity index (χ4n) is 4.53. The van der Waals surface area contributed by atoms with Crippen LogP contribution in [-0.4, -0.2) is 64.7 Å². The fraction of sp³-hybridized carbons (Fsp3) is 0.367. The number of benzene rings is 2. The van der Waals surface area contributed by atoms with E-state index in [1.54, 1.807) is 62.4 Å². The summed E-state index contributed by atoms with van der Waals surface area (Å²) in [7, 11) is -4.39. The monoisotopic (exact) mass is 628 g/mol. The summed E-state index contributed by atoms with van der Waals surface area (Å²) in [6.07, 6.45) is -2.48. The summed E-state index contributed by atoms with van der Waals surface area (Å²) in [5.41, 5.74) is -0.222. The molecule has 0 spiro atoms. The van der Waals surface area contributed by atoms with E-state index in [4.69, 9.17) is 23.8 Å². The number of nitrogens with zero attached hydrogens (tertiary/aromatic N) is 2. The molecule has 3 N–H and O–H groups in total. The number of esters is 1. The van der Waals surface area contributed by atoms with E-state index < -0.39 is 62.5 Å². The smallest absolute Gasteiger partial charge is 0.459 e. The Balaban J connectivity index is 1.52. The van der Waals surface area contributed by atoms with Crippen molar-refractivity contribution in [2.45, 2.75) is 63.9 Å². The minimum atomic E-state index is -4.39. The van der Waals surface area contributed by atoms with Gasteiger partial charge in [0.1, 0.15) is 29.8 Å². The van der Waals surface area contributed by atoms with Crippen LogP contribution in [0, 0.1) is 11.3 Å². The summed E-state index contributed by atoms with van der Waals surface area (Å²) in [5, 5.41) is 24.8. The molecule has 44 heavy (non-hydrogen) atoms. The van der Waals surface area contributed by atoms with E-state index in [1.807, 2.05) is 0 Å². The van der Waals surface area contributed by atoms with Gasteiger partial charge in [0.2, 0.25) is 0 Å². The highest BCUT2D eigenvalue weighted by Gasteiger charge is 2.57. The predicted molar refractivity (Wildman–Crippen MR) is 157 cm³/mol. The second kappa shape index (κ2) is 13.3. The molecular formula is C30H34FN4O8P. The van der Waals surface area contributed by atoms with Crippen molar-refractivity contribution >= 4 is 19.6 Å². The molecule has 0 aliphatic carbocycles. The van der Waals surface area contributed by atoms with Crippen molar-refractivity contribution in [2.24, 2.45) is 0 Å². The van der Waals surface area contributed by atoms with Crippen LogP contribution in [0.15, 0.2) is 73.2 Å². The summed E-state index contributed by atoms with van der Waals surface area (Å²) < 4.78 is 52.1. The molecule has 0 saturated carbocycles. The van der Waals surface area contributed by atoms with Crippen LogP contribution in [-0.2, 0) is 28.2 Å². The minimum absolute atomic E-state index is 0.0396. The van der Waals surface area contributed by atoms with Crippen LogP contribution in [0.4, 0.5) is 4.39 Å². The number of aliphatic hydroxyl groups excluding tert-OH is 1. The number of carbonyl (C=O) groups excluding carboxylic acids is 2. The second-order valence-electron chi connectivity index (χ2n) is 10.7. The van der Waals surface area contributed by atoms with E-state index in [2.05, 4.69) is 23.1 Å². The Bertz CT molecular complexity index is 1510. The highest BCUT2D eigenvalue weighted by molar-refractivity contribution is 7.52. The third-order valence-corrected chi connectivity index (χ3v) is 8.47. The van der Waals surface area contributed by atoms with Gasteiger partial charge in [-0.2, -0.15) is 10.3 Å². The van der Waals surface area contributed by atoms with E-state index in [-0.39, 0.29) is 11.6 Å². The number of nitrogens with one attached hydrogen (secondary N) is 2. The van der Waals surface area contributed by atoms with Crippen LogP contribution in [0.25, 0.3) is 11.1 Å². The zero-order valence-electron chi connectivity index (χ0n) is 24.6. The number of amides is 1. The number of carbonyl (C=O) groups is 2. The molecule has 1 fully saturated rings. The molecule has 234 valence electrons. The predicted octanol–water partition coefficient (Wildman–Crippen LogP) is 3.89. The Morgan fingerprint density at radius 3 is 2.41 bits per heavy atom. The Morgan fingerprint density at radius 2 is 1.84 bits per heavy atom. The molecule has 0 radical (unpaired) electrons. The molecule has 6 atom stereocenters. The van der Waals surface area contributed by atoms with Gasteiger partial charge in [0.25, 0.3) is 5.91 Å². The number of aliphatic hydroxyl groups is 1. The molecule has 1 saturated heterocycles. The van der Waals surface area contributed by atoms with Gasteiger partial charge in [0, 0.05) is 12.3 Å². The number of alkyl halides is 1. The maximum absolute atomic E-state index is 15.7. The highest BCUT2D eigenvalue weighted by atomic mass is 31.2. The zero-order valence-corrected chi connectivity index (χ0v) is 25.5. The van der Waals surface area contributed by atoms with E-state index in [0.717, 1.165) is 24.1 Å². The van der Waals surface area contributed by atoms with Crippen molar-refractivity contribution in [1.29, 1.82) is 5.26 Å². The number of nitriles is 1. The van der Waals surface area contributed by atoms with E-state index in [0.29, 0.717) is 5.56 Å². The SMILES string of the molecule is C=C1NC(=O)C=CN1[C@@H]1O[C@H](COP(=O)(N[C@@H](C)C(=O)OC(C)C)Oc2ccc(-c3ccc(C#N)cc3)cc2)[C@@H](O)[C@@]1(C)F. The summed E-state index contributed by atoms with van der Waals surface area (Å²) in [4.78, 5) is 25.3. The van der Waals surface area contributed by atoms with Gasteiger partial charge < -0.3 is 29.3 Å². The first-order valence-electron chi connectivity index (χ1n) is 13.7. The van der Waals surface area contributed by atoms with Crippen molar-refractivity contribution in [1.82, 2.24) is 15.3 Å². The highest BCUT2D eigenvalue weighted by Crippen LogP contribution is 2.47. The first kappa shape index (κ1) is 32.9. The Kier molecular flexibility index (Phi) is 9.93. The second-order valence-corrected chi connectivity index (χ2v) is 12.4. The van der Waals surface area contributed by atoms with Gasteiger partial charge in [0.05, 0.1) is 24.3 Å². The van der Waals surface area contributed by atoms with Gasteiger partial charge in [-0.1, -0.05) is 30.8 Å². The van der Waals surface area contributed by atoms with Gasteiger partial charge in [-0.25, -0.2) is 8.96 Å². The van der Waals surface area contributed by atoms with Gasteiger partial charge in [0.15, 0.2) is 11.9 Å². The number of hydrogen-bond acceptors (Lipinski definition) is 10. The Hall–Kier alpha value is -4.05. The average Bonchev–Trinajstić information content (AvgIpc) is 3.19. The summed E-state index contributed by atoms with van der Waals surface area (Å²) in [6.45, 7) is 8.94. The fourth-order valence-corrected chi connectivity index (χ4v) is 6.03. The lowest BCUT2D eigenvalue weighted by atomic mass is 9.98. The molecule has 1 unspecified atom stereocenters. The molecule has 2 aliphatic rings. The third kappa shape index (κ3) is 7.53. The van der Waals surface area contributed by atoms with Crippen molar-refractivity contribution in [3.8, 4) is 22.9 Å². The van der Waals surface area contributed by atoms with Gasteiger partial charge in [-0.15, -0.1) is 0 Å². The van der Waals surface area contributed by atoms with Crippen LogP contribution < -0.4 is 14.9 Å². The molecule has 0 bridgehead atoms. The number of hydrogen-bond donors (Lipinski definition) is 3. The largest absolute Gasteiger partial charge is 0.462 e. The van der Waals surface area contributed by atoms with Crippen molar-refractivity contribution in [3.05, 3.63) is 78.8 Å². The molecule has 2 heterocycles. The number of halogens is 1. The molecule has 12 nitrogen and oxygen atoms in total. The summed E-state index contributed by atoms with van der Waals surface area (Å²) in [6, 6.07) is 14.4. The van der Waals surface area contributed by atoms with Crippen LogP contribution >= 0.6 is 7.75 Å². The molecular weight excluding hydrogens is 594 g/mol. The lowest BCUT2D eigenvalue weighted by molar-refractivity contribution is -0.149. The van der Waals surface area contributed by atoms with Crippen LogP contribution in [0.5, 0.6) is 5.75 Å². The minimum Gasteiger partial charge on any atom is -0.462 e. The van der Waals surface area contributed by atoms with Gasteiger partial charge in [-0.05, 0) is 63.1 Å². The van der Waals surface area contributed by atoms with Crippen molar-refractivity contribution in [3.63, 3.8) is 0 Å². The molecule has 14 heteroatoms. The molecule has 2 aromatic rings. The van der Waals surface area contributed by atoms with E-state index >= 15 is 4.39 Å². The molecule has 1 amide bonds. The topological polar surface area (TPSA) is 159 Å². The maximum atomic E-state index is 15.7. The third-order valence-electron chi connectivity index (χ3n) is 6.83. The Labute approximate surface area is 254 Å². The normalized spacial score (nSPS) is 25.2. The molecule has 2 aliphatic heterocycles. The van der Waals surface area contributed by atoms with E-state index in [1.165, 1.54) is 18.0 Å². The lowest BCUT2D eigenvalue weighted by Gasteiger charge is -2.35. The Morgan fingerprint density at radius 1 is 1.23 bits per heavy atom. The van der Waals surface area contributed by atoms with Crippen LogP contribution in [0.3, 0.4) is 0 Å². The summed E-state index contributed by atoms with van der Waals surface area (Å²) in [5.74, 6) is -1.01. The first-order valence-corrected chi connectivity index (χ1v) is 15.3. The van der Waals surface area contributed by atoms with Gasteiger partial charge >= 0.3 is 13.7 Å². The summed E-state index contributed by atoms with van der Waals surface area (Å²) >= 11 is 0. The molecule has 0 aromatic heterocycles.